The first-order chi connectivity index (χ1) is 12.5. The van der Waals surface area contributed by atoms with E-state index in [-0.39, 0.29) is 23.6 Å². The number of amides is 1. The van der Waals surface area contributed by atoms with Crippen LogP contribution in [-0.4, -0.2) is 36.0 Å². The van der Waals surface area contributed by atoms with Crippen molar-refractivity contribution in [2.45, 2.75) is 32.7 Å². The van der Waals surface area contributed by atoms with Crippen LogP contribution in [0.15, 0.2) is 12.1 Å². The first-order valence-electron chi connectivity index (χ1n) is 7.62. The number of nitrogens with one attached hydrogen (secondary N) is 2. The Morgan fingerprint density at radius 2 is 1.74 bits per heavy atom. The Balaban J connectivity index is 3.14. The van der Waals surface area contributed by atoms with E-state index in [1.807, 2.05) is 0 Å². The van der Waals surface area contributed by atoms with Gasteiger partial charge < -0.3 is 5.32 Å². The number of nitro groups is 2. The van der Waals surface area contributed by atoms with Crippen LogP contribution >= 0.6 is 11.6 Å². The molecule has 0 aliphatic carbocycles. The molecular weight excluding hydrogens is 408 g/mol. The third-order valence-electron chi connectivity index (χ3n) is 3.22. The van der Waals surface area contributed by atoms with E-state index in [4.69, 9.17) is 11.6 Å². The molecule has 1 amide bonds. The number of nitrogens with zero attached hydrogens (tertiary/aromatic N) is 2. The van der Waals surface area contributed by atoms with Crippen molar-refractivity contribution in [1.82, 2.24) is 5.48 Å². The largest absolute Gasteiger partial charge is 0.362 e. The predicted octanol–water partition coefficient (Wildman–Crippen LogP) is 2.13. The Bertz CT molecular complexity index is 810. The van der Waals surface area contributed by atoms with Crippen molar-refractivity contribution >= 4 is 44.7 Å². The molecule has 1 atom stereocenters. The number of nitro benzene ring substituents is 2. The van der Waals surface area contributed by atoms with Gasteiger partial charge in [-0.15, -0.1) is 4.28 Å². The highest BCUT2D eigenvalue weighted by atomic mass is 35.5. The average molecular weight is 425 g/mol. The second kappa shape index (κ2) is 9.43. The van der Waals surface area contributed by atoms with E-state index >= 15 is 0 Å². The van der Waals surface area contributed by atoms with Crippen LogP contribution in [0.2, 0.25) is 5.02 Å². The lowest BCUT2D eigenvalue weighted by Crippen LogP contribution is -2.40. The Hall–Kier alpha value is -2.51. The maximum Gasteiger partial charge on any atom is 0.300 e. The third kappa shape index (κ3) is 6.30. The van der Waals surface area contributed by atoms with Crippen molar-refractivity contribution in [1.29, 1.82) is 0 Å². The van der Waals surface area contributed by atoms with Gasteiger partial charge in [-0.2, -0.15) is 8.42 Å². The number of carbonyl (C=O) groups is 1. The van der Waals surface area contributed by atoms with E-state index in [0.29, 0.717) is 0 Å². The molecule has 0 fully saturated rings. The molecule has 0 heterocycles. The van der Waals surface area contributed by atoms with Crippen LogP contribution < -0.4 is 10.8 Å². The molecule has 0 aliphatic heterocycles. The number of hydrogen-bond acceptors (Lipinski definition) is 9. The Kier molecular flexibility index (Phi) is 7.87. The summed E-state index contributed by atoms with van der Waals surface area (Å²) in [5.74, 6) is -1.30. The summed E-state index contributed by atoms with van der Waals surface area (Å²) in [7, 11) is -3.98. The van der Waals surface area contributed by atoms with Crippen molar-refractivity contribution < 1.29 is 27.3 Å². The van der Waals surface area contributed by atoms with E-state index in [9.17, 15) is 33.4 Å². The summed E-state index contributed by atoms with van der Waals surface area (Å²) in [6.45, 7) is 3.10. The molecule has 0 radical (unpaired) electrons. The van der Waals surface area contributed by atoms with Crippen LogP contribution in [0.3, 0.4) is 0 Å². The fraction of sp³-hybridized carbons (Fsp3) is 0.462. The fourth-order valence-electron chi connectivity index (χ4n) is 2.01. The highest BCUT2D eigenvalue weighted by Crippen LogP contribution is 2.37. The molecule has 1 unspecified atom stereocenters. The van der Waals surface area contributed by atoms with Gasteiger partial charge >= 0.3 is 11.4 Å². The summed E-state index contributed by atoms with van der Waals surface area (Å²) in [5, 5.41) is 24.6. The van der Waals surface area contributed by atoms with Gasteiger partial charge in [0, 0.05) is 12.1 Å². The van der Waals surface area contributed by atoms with E-state index in [0.717, 1.165) is 12.1 Å². The molecule has 0 bridgehead atoms. The standard InChI is InChI=1S/C13H17ClN4O8S/c1-3-5-27(24,25)26-16-13(19)9(4-2)15-12-10(17(20)21)6-8(14)7-11(12)18(22)23/h6-7,9,15H,3-5H2,1-2H3,(H,16,19). The molecule has 150 valence electrons. The molecule has 0 saturated heterocycles. The summed E-state index contributed by atoms with van der Waals surface area (Å²) < 4.78 is 27.3. The van der Waals surface area contributed by atoms with Crippen LogP contribution in [0.4, 0.5) is 17.1 Å². The Labute approximate surface area is 159 Å². The molecular formula is C13H17ClN4O8S. The average Bonchev–Trinajstić information content (AvgIpc) is 2.57. The number of hydrogen-bond donors (Lipinski definition) is 2. The van der Waals surface area contributed by atoms with Gasteiger partial charge in [0.05, 0.1) is 20.6 Å². The molecule has 0 spiro atoms. The van der Waals surface area contributed by atoms with Crippen molar-refractivity contribution in [3.8, 4) is 0 Å². The predicted molar refractivity (Wildman–Crippen MR) is 95.8 cm³/mol. The minimum absolute atomic E-state index is 0.0138. The zero-order valence-corrected chi connectivity index (χ0v) is 15.9. The second-order valence-electron chi connectivity index (χ2n) is 5.25. The van der Waals surface area contributed by atoms with Crippen molar-refractivity contribution in [3.05, 3.63) is 37.4 Å². The van der Waals surface area contributed by atoms with Crippen molar-refractivity contribution in [3.63, 3.8) is 0 Å². The van der Waals surface area contributed by atoms with Gasteiger partial charge in [-0.05, 0) is 12.8 Å². The Morgan fingerprint density at radius 1 is 1.22 bits per heavy atom. The number of hydroxylamine groups is 1. The third-order valence-corrected chi connectivity index (χ3v) is 4.69. The molecule has 1 aromatic rings. The number of benzene rings is 1. The topological polar surface area (TPSA) is 171 Å². The zero-order chi connectivity index (χ0) is 20.8. The monoisotopic (exact) mass is 424 g/mol. The number of halogens is 1. The minimum atomic E-state index is -3.98. The first-order valence-corrected chi connectivity index (χ1v) is 9.57. The fourth-order valence-corrected chi connectivity index (χ4v) is 3.01. The van der Waals surface area contributed by atoms with E-state index in [2.05, 4.69) is 9.60 Å². The Morgan fingerprint density at radius 3 is 2.15 bits per heavy atom. The molecule has 1 rings (SSSR count). The number of rotatable bonds is 10. The summed E-state index contributed by atoms with van der Waals surface area (Å²) in [6, 6.07) is 0.536. The molecule has 0 aromatic heterocycles. The van der Waals surface area contributed by atoms with Crippen molar-refractivity contribution in [2.75, 3.05) is 11.1 Å². The smallest absolute Gasteiger partial charge is 0.300 e. The molecule has 1 aromatic carbocycles. The molecule has 0 aliphatic rings. The van der Waals surface area contributed by atoms with Gasteiger partial charge in [-0.3, -0.25) is 25.0 Å². The van der Waals surface area contributed by atoms with Gasteiger partial charge in [-0.1, -0.05) is 25.4 Å². The maximum absolute atomic E-state index is 12.1. The molecule has 2 N–H and O–H groups in total. The lowest BCUT2D eigenvalue weighted by Gasteiger charge is -2.17. The molecule has 12 nitrogen and oxygen atoms in total. The SMILES string of the molecule is CCCS(=O)(=O)ONC(=O)C(CC)Nc1c([N+](=O)[O-])cc(Cl)cc1[N+](=O)[O-]. The van der Waals surface area contributed by atoms with Gasteiger partial charge in [0.25, 0.3) is 16.0 Å². The number of carbonyl (C=O) groups excluding carboxylic acids is 1. The van der Waals surface area contributed by atoms with Crippen molar-refractivity contribution in [2.24, 2.45) is 0 Å². The van der Waals surface area contributed by atoms with Gasteiger partial charge in [-0.25, -0.2) is 5.48 Å². The highest BCUT2D eigenvalue weighted by molar-refractivity contribution is 7.86. The van der Waals surface area contributed by atoms with Gasteiger partial charge in [0.15, 0.2) is 5.69 Å². The first kappa shape index (κ1) is 22.5. The van der Waals surface area contributed by atoms with Crippen LogP contribution in [0.25, 0.3) is 0 Å². The van der Waals surface area contributed by atoms with Gasteiger partial charge in [0.2, 0.25) is 0 Å². The molecule has 14 heteroatoms. The number of anilines is 1. The lowest BCUT2D eigenvalue weighted by molar-refractivity contribution is -0.392. The molecule has 27 heavy (non-hydrogen) atoms. The summed E-state index contributed by atoms with van der Waals surface area (Å²) in [6.07, 6.45) is 0.275. The van der Waals surface area contributed by atoms with Crippen LogP contribution in [-0.2, 0) is 19.2 Å². The summed E-state index contributed by atoms with van der Waals surface area (Å²) in [5.41, 5.74) is -0.219. The minimum Gasteiger partial charge on any atom is -0.362 e. The normalized spacial score (nSPS) is 12.3. The van der Waals surface area contributed by atoms with E-state index < -0.39 is 49.0 Å². The summed E-state index contributed by atoms with van der Waals surface area (Å²) >= 11 is 5.67. The van der Waals surface area contributed by atoms with Crippen LogP contribution in [0, 0.1) is 20.2 Å². The van der Waals surface area contributed by atoms with E-state index in [1.54, 1.807) is 12.4 Å². The second-order valence-corrected chi connectivity index (χ2v) is 7.38. The van der Waals surface area contributed by atoms with Gasteiger partial charge in [0.1, 0.15) is 6.04 Å². The van der Waals surface area contributed by atoms with Crippen LogP contribution in [0.5, 0.6) is 0 Å². The highest BCUT2D eigenvalue weighted by Gasteiger charge is 2.30. The lowest BCUT2D eigenvalue weighted by atomic mass is 10.1. The quantitative estimate of drug-likeness (QED) is 0.421. The van der Waals surface area contributed by atoms with E-state index in [1.165, 1.54) is 6.92 Å². The van der Waals surface area contributed by atoms with Crippen LogP contribution in [0.1, 0.15) is 26.7 Å². The molecule has 0 saturated carbocycles. The zero-order valence-electron chi connectivity index (χ0n) is 14.3. The maximum atomic E-state index is 12.1. The summed E-state index contributed by atoms with van der Waals surface area (Å²) in [4.78, 5) is 32.7.